The van der Waals surface area contributed by atoms with Gasteiger partial charge in [-0.2, -0.15) is 0 Å². The Kier molecular flexibility index (Phi) is 9.54. The molecule has 6 nitrogen and oxygen atoms in total. The third-order valence-corrected chi connectivity index (χ3v) is 8.66. The minimum Gasteiger partial charge on any atom is -0.353 e. The third kappa shape index (κ3) is 7.37. The second-order valence-electron chi connectivity index (χ2n) is 10.1. The van der Waals surface area contributed by atoms with Gasteiger partial charge in [0.05, 0.1) is 10.6 Å². The smallest absolute Gasteiger partial charge is 0.253 e. The Morgan fingerprint density at radius 3 is 2.21 bits per heavy atom. The van der Waals surface area contributed by atoms with Crippen LogP contribution in [-0.4, -0.2) is 66.0 Å². The number of likely N-dealkylation sites (tertiary alicyclic amines) is 1. The van der Waals surface area contributed by atoms with Crippen molar-refractivity contribution in [2.45, 2.75) is 32.0 Å². The first-order valence-corrected chi connectivity index (χ1v) is 14.7. The lowest BCUT2D eigenvalue weighted by molar-refractivity contribution is 0.0950. The van der Waals surface area contributed by atoms with Crippen molar-refractivity contribution in [1.82, 2.24) is 20.1 Å². The number of piperazine rings is 1. The number of hydrogen-bond donors (Lipinski definition) is 1. The van der Waals surface area contributed by atoms with E-state index in [0.29, 0.717) is 33.2 Å². The number of nitrogens with zero attached hydrogens (tertiary/aromatic N) is 4. The van der Waals surface area contributed by atoms with Gasteiger partial charge >= 0.3 is 0 Å². The number of rotatable bonds is 7. The molecular weight excluding hydrogens is 576 g/mol. The van der Waals surface area contributed by atoms with E-state index in [9.17, 15) is 4.79 Å². The molecule has 206 valence electrons. The number of aromatic nitrogens is 1. The van der Waals surface area contributed by atoms with Gasteiger partial charge in [-0.25, -0.2) is 4.98 Å². The minimum absolute atomic E-state index is 0.208. The van der Waals surface area contributed by atoms with Crippen molar-refractivity contribution in [1.29, 1.82) is 0 Å². The highest BCUT2D eigenvalue weighted by atomic mass is 35.5. The summed E-state index contributed by atoms with van der Waals surface area (Å²) >= 11 is 24.9. The second kappa shape index (κ2) is 13.1. The van der Waals surface area contributed by atoms with E-state index in [-0.39, 0.29) is 5.91 Å². The fourth-order valence-electron chi connectivity index (χ4n) is 5.31. The van der Waals surface area contributed by atoms with Crippen LogP contribution < -0.4 is 10.2 Å². The maximum Gasteiger partial charge on any atom is 0.253 e. The molecule has 0 spiro atoms. The summed E-state index contributed by atoms with van der Waals surface area (Å²) in [4.78, 5) is 24.5. The van der Waals surface area contributed by atoms with E-state index in [1.54, 1.807) is 24.4 Å². The molecule has 1 N–H and O–H groups in total. The van der Waals surface area contributed by atoms with Gasteiger partial charge in [-0.3, -0.25) is 14.6 Å². The molecule has 1 amide bonds. The summed E-state index contributed by atoms with van der Waals surface area (Å²) in [5.41, 5.74) is 2.54. The first-order valence-electron chi connectivity index (χ1n) is 13.2. The molecule has 10 heteroatoms. The van der Waals surface area contributed by atoms with E-state index >= 15 is 0 Å². The van der Waals surface area contributed by atoms with Crippen LogP contribution in [-0.2, 0) is 13.1 Å². The summed E-state index contributed by atoms with van der Waals surface area (Å²) in [7, 11) is 0. The molecule has 0 aliphatic carbocycles. The van der Waals surface area contributed by atoms with Crippen molar-refractivity contribution in [3.05, 3.63) is 91.5 Å². The van der Waals surface area contributed by atoms with Gasteiger partial charge in [0.1, 0.15) is 5.82 Å². The van der Waals surface area contributed by atoms with Crippen LogP contribution in [0.3, 0.4) is 0 Å². The summed E-state index contributed by atoms with van der Waals surface area (Å²) in [6.45, 7) is 7.02. The maximum atomic E-state index is 12.6. The van der Waals surface area contributed by atoms with Crippen LogP contribution in [0.15, 0.2) is 54.7 Å². The molecule has 39 heavy (non-hydrogen) atoms. The molecule has 0 saturated carbocycles. The molecule has 0 radical (unpaired) electrons. The van der Waals surface area contributed by atoms with Crippen molar-refractivity contribution in [2.24, 2.45) is 0 Å². The Hall–Kier alpha value is -2.06. The molecular formula is C29H31Cl4N5O. The Bertz CT molecular complexity index is 1290. The zero-order valence-electron chi connectivity index (χ0n) is 21.6. The lowest BCUT2D eigenvalue weighted by Crippen LogP contribution is -2.53. The van der Waals surface area contributed by atoms with Gasteiger partial charge in [-0.05, 0) is 67.4 Å². The molecule has 1 aromatic heterocycles. The first-order chi connectivity index (χ1) is 18.9. The molecule has 2 fully saturated rings. The molecule has 2 aliphatic rings. The van der Waals surface area contributed by atoms with E-state index in [4.69, 9.17) is 46.4 Å². The van der Waals surface area contributed by atoms with Crippen LogP contribution in [0.25, 0.3) is 0 Å². The van der Waals surface area contributed by atoms with Crippen LogP contribution in [0.5, 0.6) is 0 Å². The van der Waals surface area contributed by atoms with Crippen molar-refractivity contribution in [2.75, 3.05) is 44.2 Å². The first kappa shape index (κ1) is 28.5. The van der Waals surface area contributed by atoms with E-state index in [1.807, 2.05) is 30.3 Å². The summed E-state index contributed by atoms with van der Waals surface area (Å²) in [6.07, 6.45) is 3.89. The Labute approximate surface area is 249 Å². The van der Waals surface area contributed by atoms with Crippen molar-refractivity contribution in [3.63, 3.8) is 0 Å². The van der Waals surface area contributed by atoms with E-state index in [1.165, 1.54) is 0 Å². The van der Waals surface area contributed by atoms with Crippen molar-refractivity contribution < 1.29 is 4.79 Å². The zero-order chi connectivity index (χ0) is 27.4. The molecule has 2 aliphatic heterocycles. The lowest BCUT2D eigenvalue weighted by atomic mass is 10.0. The monoisotopic (exact) mass is 605 g/mol. The van der Waals surface area contributed by atoms with Crippen molar-refractivity contribution >= 4 is 58.1 Å². The summed E-state index contributed by atoms with van der Waals surface area (Å²) in [6, 6.07) is 15.4. The van der Waals surface area contributed by atoms with Gasteiger partial charge in [0.15, 0.2) is 0 Å². The molecule has 3 aromatic rings. The predicted molar refractivity (Wildman–Crippen MR) is 160 cm³/mol. The number of piperidine rings is 1. The number of pyridine rings is 1. The van der Waals surface area contributed by atoms with E-state index in [0.717, 1.165) is 80.6 Å². The average molecular weight is 607 g/mol. The third-order valence-electron chi connectivity index (χ3n) is 7.55. The van der Waals surface area contributed by atoms with Gasteiger partial charge in [0, 0.05) is 66.6 Å². The molecule has 0 atom stereocenters. The second-order valence-corrected chi connectivity index (χ2v) is 11.8. The topological polar surface area (TPSA) is 51.7 Å². The number of anilines is 1. The SMILES string of the molecule is O=C(NCc1ccc(Cl)cc1)c1cnc(N2CCN(C3CCN(Cc4ccc(Cl)cc4Cl)CC3)CC2)c(Cl)c1. The number of nitrogens with one attached hydrogen (secondary N) is 1. The van der Waals surface area contributed by atoms with E-state index in [2.05, 4.69) is 25.0 Å². The quantitative estimate of drug-likeness (QED) is 0.337. The van der Waals surface area contributed by atoms with Gasteiger partial charge in [0.2, 0.25) is 0 Å². The summed E-state index contributed by atoms with van der Waals surface area (Å²) in [5, 5.41) is 5.48. The molecule has 5 rings (SSSR count). The predicted octanol–water partition coefficient (Wildman–Crippen LogP) is 6.41. The lowest BCUT2D eigenvalue weighted by Gasteiger charge is -2.43. The van der Waals surface area contributed by atoms with Crippen LogP contribution in [0, 0.1) is 0 Å². The van der Waals surface area contributed by atoms with Crippen LogP contribution in [0.4, 0.5) is 5.82 Å². The highest BCUT2D eigenvalue weighted by Crippen LogP contribution is 2.28. The number of carbonyl (C=O) groups excluding carboxylic acids is 1. The van der Waals surface area contributed by atoms with Crippen molar-refractivity contribution in [3.8, 4) is 0 Å². The normalized spacial score (nSPS) is 17.4. The number of hydrogen-bond acceptors (Lipinski definition) is 5. The number of amides is 1. The molecule has 2 aromatic carbocycles. The minimum atomic E-state index is -0.208. The summed E-state index contributed by atoms with van der Waals surface area (Å²) < 4.78 is 0. The van der Waals surface area contributed by atoms with Gasteiger partial charge in [-0.1, -0.05) is 64.6 Å². The average Bonchev–Trinajstić information content (AvgIpc) is 2.94. The van der Waals surface area contributed by atoms with Crippen LogP contribution in [0.2, 0.25) is 20.1 Å². The van der Waals surface area contributed by atoms with Crippen LogP contribution >= 0.6 is 46.4 Å². The number of carbonyl (C=O) groups is 1. The standard InChI is InChI=1S/C29H31Cl4N5O/c30-23-4-1-20(2-5-23)17-35-29(39)22-15-27(33)28(34-18-22)38-13-11-37(12-14-38)25-7-9-36(10-8-25)19-21-3-6-24(31)16-26(21)32/h1-6,15-16,18,25H,7-14,17,19H2,(H,35,39). The van der Waals surface area contributed by atoms with Gasteiger partial charge in [0.25, 0.3) is 5.91 Å². The Balaban J connectivity index is 1.08. The molecule has 0 unspecified atom stereocenters. The fraction of sp³-hybridized carbons (Fsp3) is 0.379. The van der Waals surface area contributed by atoms with Gasteiger partial charge in [-0.15, -0.1) is 0 Å². The van der Waals surface area contributed by atoms with E-state index < -0.39 is 0 Å². The highest BCUT2D eigenvalue weighted by molar-refractivity contribution is 6.35. The zero-order valence-corrected chi connectivity index (χ0v) is 24.6. The molecule has 2 saturated heterocycles. The number of halogens is 4. The molecule has 3 heterocycles. The van der Waals surface area contributed by atoms with Crippen LogP contribution in [0.1, 0.15) is 34.3 Å². The Morgan fingerprint density at radius 2 is 1.54 bits per heavy atom. The fourth-order valence-corrected chi connectivity index (χ4v) is 6.19. The largest absolute Gasteiger partial charge is 0.353 e. The molecule has 0 bridgehead atoms. The Morgan fingerprint density at radius 1 is 0.846 bits per heavy atom. The number of benzene rings is 2. The van der Waals surface area contributed by atoms with Gasteiger partial charge < -0.3 is 10.2 Å². The maximum absolute atomic E-state index is 12.6. The highest BCUT2D eigenvalue weighted by Gasteiger charge is 2.28. The summed E-state index contributed by atoms with van der Waals surface area (Å²) in [5.74, 6) is 0.528.